The fourth-order valence-corrected chi connectivity index (χ4v) is 2.26. The van der Waals surface area contributed by atoms with E-state index >= 15 is 0 Å². The molecule has 1 N–H and O–H groups in total. The van der Waals surface area contributed by atoms with Gasteiger partial charge in [-0.1, -0.05) is 12.1 Å². The highest BCUT2D eigenvalue weighted by molar-refractivity contribution is 5.80. The topological polar surface area (TPSA) is 17.0 Å². The Balaban J connectivity index is 1.93. The maximum Gasteiger partial charge on any atom is 0.0480 e. The summed E-state index contributed by atoms with van der Waals surface area (Å²) in [6, 6.07) is 9.00. The molecule has 0 spiro atoms. The SMILES string of the molecule is Cn1ccc2ccc(CC3CNC3)cc21. The third kappa shape index (κ3) is 1.55. The van der Waals surface area contributed by atoms with Gasteiger partial charge in [-0.05, 0) is 48.5 Å². The molecule has 3 rings (SSSR count). The zero-order chi connectivity index (χ0) is 10.3. The molecule has 1 fully saturated rings. The van der Waals surface area contributed by atoms with Gasteiger partial charge in [0.15, 0.2) is 0 Å². The van der Waals surface area contributed by atoms with Gasteiger partial charge in [0, 0.05) is 18.8 Å². The first-order valence-corrected chi connectivity index (χ1v) is 5.57. The highest BCUT2D eigenvalue weighted by Crippen LogP contribution is 2.19. The lowest BCUT2D eigenvalue weighted by atomic mass is 9.94. The lowest BCUT2D eigenvalue weighted by molar-refractivity contribution is 0.346. The Bertz CT molecular complexity index is 480. The van der Waals surface area contributed by atoms with E-state index in [9.17, 15) is 0 Å². The second-order valence-corrected chi connectivity index (χ2v) is 4.55. The third-order valence-electron chi connectivity index (χ3n) is 3.34. The summed E-state index contributed by atoms with van der Waals surface area (Å²) < 4.78 is 2.19. The van der Waals surface area contributed by atoms with Crippen LogP contribution in [-0.2, 0) is 13.5 Å². The maximum atomic E-state index is 3.32. The molecule has 2 heterocycles. The monoisotopic (exact) mass is 200 g/mol. The lowest BCUT2D eigenvalue weighted by Gasteiger charge is -2.27. The van der Waals surface area contributed by atoms with Crippen LogP contribution >= 0.6 is 0 Å². The minimum atomic E-state index is 0.850. The van der Waals surface area contributed by atoms with Gasteiger partial charge >= 0.3 is 0 Å². The summed E-state index contributed by atoms with van der Waals surface area (Å²) in [5.41, 5.74) is 2.82. The minimum absolute atomic E-state index is 0.850. The maximum absolute atomic E-state index is 3.32. The first kappa shape index (κ1) is 8.98. The number of nitrogens with zero attached hydrogens (tertiary/aromatic N) is 1. The summed E-state index contributed by atoms with van der Waals surface area (Å²) in [5, 5.41) is 4.66. The summed E-state index contributed by atoms with van der Waals surface area (Å²) in [6.45, 7) is 2.37. The Morgan fingerprint density at radius 1 is 1.33 bits per heavy atom. The Morgan fingerprint density at radius 3 is 2.93 bits per heavy atom. The molecule has 0 saturated carbocycles. The van der Waals surface area contributed by atoms with Gasteiger partial charge in [-0.2, -0.15) is 0 Å². The quantitative estimate of drug-likeness (QED) is 0.784. The lowest BCUT2D eigenvalue weighted by Crippen LogP contribution is -2.43. The summed E-state index contributed by atoms with van der Waals surface area (Å²) in [6.07, 6.45) is 3.34. The largest absolute Gasteiger partial charge is 0.351 e. The summed E-state index contributed by atoms with van der Waals surface area (Å²) in [4.78, 5) is 0. The zero-order valence-electron chi connectivity index (χ0n) is 9.03. The van der Waals surface area contributed by atoms with Crippen LogP contribution in [-0.4, -0.2) is 17.7 Å². The highest BCUT2D eigenvalue weighted by Gasteiger charge is 2.16. The normalized spacial score (nSPS) is 16.9. The number of benzene rings is 1. The molecule has 1 aliphatic rings. The van der Waals surface area contributed by atoms with Crippen molar-refractivity contribution < 1.29 is 0 Å². The molecule has 1 saturated heterocycles. The van der Waals surface area contributed by atoms with Crippen LogP contribution < -0.4 is 5.32 Å². The molecule has 78 valence electrons. The van der Waals surface area contributed by atoms with Crippen LogP contribution in [0.3, 0.4) is 0 Å². The molecule has 0 amide bonds. The van der Waals surface area contributed by atoms with Crippen LogP contribution in [0.5, 0.6) is 0 Å². The molecule has 0 atom stereocenters. The van der Waals surface area contributed by atoms with Gasteiger partial charge in [-0.25, -0.2) is 0 Å². The Kier molecular flexibility index (Phi) is 2.03. The van der Waals surface area contributed by atoms with Gasteiger partial charge < -0.3 is 9.88 Å². The average Bonchev–Trinajstić information content (AvgIpc) is 2.55. The second-order valence-electron chi connectivity index (χ2n) is 4.55. The molecule has 0 radical (unpaired) electrons. The standard InChI is InChI=1S/C13H16N2/c1-15-5-4-12-3-2-10(7-13(12)15)6-11-8-14-9-11/h2-5,7,11,14H,6,8-9H2,1H3. The molecule has 1 aromatic carbocycles. The molecule has 0 aliphatic carbocycles. The molecule has 0 unspecified atom stereocenters. The van der Waals surface area contributed by atoms with Crippen LogP contribution in [0.15, 0.2) is 30.5 Å². The second kappa shape index (κ2) is 3.38. The first-order valence-electron chi connectivity index (χ1n) is 5.57. The molecule has 2 aromatic rings. The van der Waals surface area contributed by atoms with Crippen LogP contribution in [0.25, 0.3) is 10.9 Å². The predicted octanol–water partition coefficient (Wildman–Crippen LogP) is 1.94. The minimum Gasteiger partial charge on any atom is -0.351 e. The molecule has 0 bridgehead atoms. The van der Waals surface area contributed by atoms with Crippen molar-refractivity contribution in [1.29, 1.82) is 0 Å². The molecule has 15 heavy (non-hydrogen) atoms. The van der Waals surface area contributed by atoms with Gasteiger partial charge in [0.2, 0.25) is 0 Å². The van der Waals surface area contributed by atoms with Gasteiger partial charge in [-0.15, -0.1) is 0 Å². The third-order valence-corrected chi connectivity index (χ3v) is 3.34. The van der Waals surface area contributed by atoms with Crippen molar-refractivity contribution in [2.75, 3.05) is 13.1 Å². The molecule has 2 heteroatoms. The number of rotatable bonds is 2. The van der Waals surface area contributed by atoms with Crippen LogP contribution in [0, 0.1) is 5.92 Å². The van der Waals surface area contributed by atoms with Crippen LogP contribution in [0.4, 0.5) is 0 Å². The van der Waals surface area contributed by atoms with E-state index in [1.807, 2.05) is 0 Å². The van der Waals surface area contributed by atoms with Crippen molar-refractivity contribution >= 4 is 10.9 Å². The Labute approximate surface area is 89.9 Å². The molecule has 2 nitrogen and oxygen atoms in total. The number of fused-ring (bicyclic) bond motifs is 1. The van der Waals surface area contributed by atoms with E-state index in [2.05, 4.69) is 47.4 Å². The van der Waals surface area contributed by atoms with E-state index in [4.69, 9.17) is 0 Å². The fraction of sp³-hybridized carbons (Fsp3) is 0.385. The number of hydrogen-bond acceptors (Lipinski definition) is 1. The number of aryl methyl sites for hydroxylation is 1. The smallest absolute Gasteiger partial charge is 0.0480 e. The number of hydrogen-bond donors (Lipinski definition) is 1. The van der Waals surface area contributed by atoms with Gasteiger partial charge in [0.25, 0.3) is 0 Å². The highest BCUT2D eigenvalue weighted by atomic mass is 14.9. The van der Waals surface area contributed by atoms with Crippen LogP contribution in [0.2, 0.25) is 0 Å². The van der Waals surface area contributed by atoms with E-state index in [1.165, 1.54) is 36.0 Å². The van der Waals surface area contributed by atoms with Crippen molar-refractivity contribution in [2.45, 2.75) is 6.42 Å². The van der Waals surface area contributed by atoms with Crippen molar-refractivity contribution in [3.63, 3.8) is 0 Å². The van der Waals surface area contributed by atoms with Crippen LogP contribution in [0.1, 0.15) is 5.56 Å². The average molecular weight is 200 g/mol. The van der Waals surface area contributed by atoms with Crippen molar-refractivity contribution in [3.05, 3.63) is 36.0 Å². The van der Waals surface area contributed by atoms with E-state index in [0.717, 1.165) is 5.92 Å². The Hall–Kier alpha value is -1.28. The van der Waals surface area contributed by atoms with E-state index in [1.54, 1.807) is 0 Å². The van der Waals surface area contributed by atoms with Crippen molar-refractivity contribution in [3.8, 4) is 0 Å². The number of nitrogens with one attached hydrogen (secondary N) is 1. The van der Waals surface area contributed by atoms with E-state index in [0.29, 0.717) is 0 Å². The summed E-state index contributed by atoms with van der Waals surface area (Å²) in [7, 11) is 2.11. The Morgan fingerprint density at radius 2 is 2.20 bits per heavy atom. The molecule has 1 aromatic heterocycles. The summed E-state index contributed by atoms with van der Waals surface area (Å²) in [5.74, 6) is 0.850. The fourth-order valence-electron chi connectivity index (χ4n) is 2.26. The molecular formula is C13H16N2. The van der Waals surface area contributed by atoms with Gasteiger partial charge in [-0.3, -0.25) is 0 Å². The molecular weight excluding hydrogens is 184 g/mol. The number of aromatic nitrogens is 1. The van der Waals surface area contributed by atoms with Crippen molar-refractivity contribution in [1.82, 2.24) is 9.88 Å². The van der Waals surface area contributed by atoms with Crippen molar-refractivity contribution in [2.24, 2.45) is 13.0 Å². The summed E-state index contributed by atoms with van der Waals surface area (Å²) >= 11 is 0. The first-order chi connectivity index (χ1) is 7.33. The predicted molar refractivity (Wildman–Crippen MR) is 63.0 cm³/mol. The van der Waals surface area contributed by atoms with E-state index < -0.39 is 0 Å². The zero-order valence-corrected chi connectivity index (χ0v) is 9.03. The van der Waals surface area contributed by atoms with E-state index in [-0.39, 0.29) is 0 Å². The van der Waals surface area contributed by atoms with Gasteiger partial charge in [0.1, 0.15) is 0 Å². The molecule has 1 aliphatic heterocycles. The van der Waals surface area contributed by atoms with Gasteiger partial charge in [0.05, 0.1) is 0 Å².